The molecule has 1 fully saturated rings. The molecule has 1 aliphatic carbocycles. The molecule has 0 aromatic heterocycles. The van der Waals surface area contributed by atoms with Gasteiger partial charge in [0, 0.05) is 0 Å². The minimum Gasteiger partial charge on any atom is -0.516 e. The molecule has 1 nitrogen and oxygen atoms in total. The van der Waals surface area contributed by atoms with Crippen LogP contribution in [0.15, 0.2) is 36.6 Å². The Morgan fingerprint density at radius 3 is 2.76 bits per heavy atom. The lowest BCUT2D eigenvalue weighted by Gasteiger charge is -2.08. The molecule has 92 valence electrons. The number of aliphatic hydroxyl groups excluding tert-OH is 1. The van der Waals surface area contributed by atoms with Crippen molar-refractivity contribution in [3.63, 3.8) is 0 Å². The van der Waals surface area contributed by atoms with Crippen LogP contribution in [0, 0.1) is 5.92 Å². The van der Waals surface area contributed by atoms with Crippen LogP contribution in [-0.2, 0) is 6.18 Å². The third-order valence-electron chi connectivity index (χ3n) is 3.11. The van der Waals surface area contributed by atoms with Crippen molar-refractivity contribution in [2.45, 2.75) is 24.9 Å². The average molecular weight is 242 g/mol. The minimum atomic E-state index is -4.27. The van der Waals surface area contributed by atoms with Crippen molar-refractivity contribution in [2.75, 3.05) is 0 Å². The zero-order valence-corrected chi connectivity index (χ0v) is 9.11. The van der Waals surface area contributed by atoms with Crippen LogP contribution in [0.1, 0.15) is 29.9 Å². The molecule has 0 saturated heterocycles. The van der Waals surface area contributed by atoms with Gasteiger partial charge in [-0.25, -0.2) is 0 Å². The second-order valence-electron chi connectivity index (χ2n) is 4.35. The summed E-state index contributed by atoms with van der Waals surface area (Å²) in [7, 11) is 0. The number of aliphatic hydroxyl groups is 1. The first-order valence-electron chi connectivity index (χ1n) is 5.48. The lowest BCUT2D eigenvalue weighted by Crippen LogP contribution is -2.05. The number of benzene rings is 1. The standard InChI is InChI=1S/C13H13F3O/c14-13(15,16)11-5-1-3-9(7-11)12-8-10(12)4-2-6-17/h1-3,5-7,10,12,17H,4,8H2. The predicted molar refractivity (Wildman–Crippen MR) is 58.7 cm³/mol. The van der Waals surface area contributed by atoms with E-state index in [0.717, 1.165) is 30.7 Å². The second kappa shape index (κ2) is 4.43. The fraction of sp³-hybridized carbons (Fsp3) is 0.385. The van der Waals surface area contributed by atoms with Gasteiger partial charge in [0.05, 0.1) is 11.8 Å². The molecule has 1 aliphatic rings. The summed E-state index contributed by atoms with van der Waals surface area (Å²) in [6.07, 6.45) is -0.0335. The van der Waals surface area contributed by atoms with Gasteiger partial charge in [0.15, 0.2) is 0 Å². The molecule has 2 rings (SSSR count). The van der Waals surface area contributed by atoms with E-state index in [4.69, 9.17) is 5.11 Å². The maximum Gasteiger partial charge on any atom is 0.416 e. The molecule has 1 aromatic rings. The monoisotopic (exact) mass is 242 g/mol. The lowest BCUT2D eigenvalue weighted by atomic mass is 10.0. The van der Waals surface area contributed by atoms with Crippen LogP contribution in [0.3, 0.4) is 0 Å². The van der Waals surface area contributed by atoms with E-state index < -0.39 is 11.7 Å². The van der Waals surface area contributed by atoms with E-state index in [1.807, 2.05) is 0 Å². The predicted octanol–water partition coefficient (Wildman–Crippen LogP) is 4.27. The van der Waals surface area contributed by atoms with Crippen LogP contribution in [0.2, 0.25) is 0 Å². The van der Waals surface area contributed by atoms with E-state index in [0.29, 0.717) is 5.92 Å². The van der Waals surface area contributed by atoms with Gasteiger partial charge < -0.3 is 5.11 Å². The average Bonchev–Trinajstić information content (AvgIpc) is 3.05. The Morgan fingerprint density at radius 1 is 1.35 bits per heavy atom. The van der Waals surface area contributed by atoms with Crippen LogP contribution in [0.25, 0.3) is 0 Å². The summed E-state index contributed by atoms with van der Waals surface area (Å²) in [6, 6.07) is 5.51. The molecule has 0 bridgehead atoms. The van der Waals surface area contributed by atoms with Crippen molar-refractivity contribution in [1.29, 1.82) is 0 Å². The van der Waals surface area contributed by atoms with Gasteiger partial charge in [-0.05, 0) is 42.4 Å². The van der Waals surface area contributed by atoms with Crippen molar-refractivity contribution >= 4 is 0 Å². The van der Waals surface area contributed by atoms with Gasteiger partial charge >= 0.3 is 6.18 Å². The summed E-state index contributed by atoms with van der Waals surface area (Å²) >= 11 is 0. The number of rotatable bonds is 3. The summed E-state index contributed by atoms with van der Waals surface area (Å²) in [5.74, 6) is 0.565. The van der Waals surface area contributed by atoms with Crippen LogP contribution < -0.4 is 0 Å². The SMILES string of the molecule is OC=CCC1CC1c1cccc(C(F)(F)F)c1. The Balaban J connectivity index is 2.09. The van der Waals surface area contributed by atoms with Gasteiger partial charge in [-0.3, -0.25) is 0 Å². The molecule has 0 aliphatic heterocycles. The molecule has 4 heteroatoms. The van der Waals surface area contributed by atoms with Gasteiger partial charge in [-0.2, -0.15) is 13.2 Å². The Kier molecular flexibility index (Phi) is 3.13. The first-order valence-corrected chi connectivity index (χ1v) is 5.48. The first-order chi connectivity index (χ1) is 8.02. The molecule has 1 N–H and O–H groups in total. The second-order valence-corrected chi connectivity index (χ2v) is 4.35. The van der Waals surface area contributed by atoms with Gasteiger partial charge in [0.1, 0.15) is 0 Å². The Bertz CT molecular complexity index is 423. The molecule has 0 amide bonds. The van der Waals surface area contributed by atoms with E-state index in [-0.39, 0.29) is 5.92 Å². The quantitative estimate of drug-likeness (QED) is 0.785. The van der Waals surface area contributed by atoms with Crippen LogP contribution in [-0.4, -0.2) is 5.11 Å². The van der Waals surface area contributed by atoms with E-state index in [9.17, 15) is 13.2 Å². The third-order valence-corrected chi connectivity index (χ3v) is 3.11. The number of hydrogen-bond acceptors (Lipinski definition) is 1. The van der Waals surface area contributed by atoms with Crippen LogP contribution >= 0.6 is 0 Å². The van der Waals surface area contributed by atoms with Crippen molar-refractivity contribution in [3.05, 3.63) is 47.7 Å². The minimum absolute atomic E-state index is 0.202. The number of halogens is 3. The van der Waals surface area contributed by atoms with Crippen LogP contribution in [0.5, 0.6) is 0 Å². The summed E-state index contributed by atoms with van der Waals surface area (Å²) in [4.78, 5) is 0. The smallest absolute Gasteiger partial charge is 0.416 e. The highest BCUT2D eigenvalue weighted by Crippen LogP contribution is 2.50. The van der Waals surface area contributed by atoms with Crippen molar-refractivity contribution in [1.82, 2.24) is 0 Å². The highest BCUT2D eigenvalue weighted by atomic mass is 19.4. The zero-order chi connectivity index (χ0) is 12.5. The molecule has 17 heavy (non-hydrogen) atoms. The van der Waals surface area contributed by atoms with Gasteiger partial charge in [0.25, 0.3) is 0 Å². The number of allylic oxidation sites excluding steroid dienone is 1. The van der Waals surface area contributed by atoms with Crippen LogP contribution in [0.4, 0.5) is 13.2 Å². The molecule has 1 saturated carbocycles. The maximum absolute atomic E-state index is 12.5. The topological polar surface area (TPSA) is 20.2 Å². The van der Waals surface area contributed by atoms with Crippen molar-refractivity contribution < 1.29 is 18.3 Å². The molecule has 2 atom stereocenters. The van der Waals surface area contributed by atoms with Crippen molar-refractivity contribution in [2.24, 2.45) is 5.92 Å². The summed E-state index contributed by atoms with van der Waals surface area (Å²) in [5, 5.41) is 8.52. The molecular formula is C13H13F3O. The summed E-state index contributed by atoms with van der Waals surface area (Å²) < 4.78 is 37.5. The summed E-state index contributed by atoms with van der Waals surface area (Å²) in [5.41, 5.74) is 0.162. The fourth-order valence-electron chi connectivity index (χ4n) is 2.10. The molecule has 0 spiro atoms. The van der Waals surface area contributed by atoms with Gasteiger partial charge in [-0.15, -0.1) is 0 Å². The number of alkyl halides is 3. The largest absolute Gasteiger partial charge is 0.516 e. The van der Waals surface area contributed by atoms with E-state index >= 15 is 0 Å². The molecule has 2 unspecified atom stereocenters. The van der Waals surface area contributed by atoms with E-state index in [1.165, 1.54) is 12.1 Å². The van der Waals surface area contributed by atoms with Crippen molar-refractivity contribution in [3.8, 4) is 0 Å². The zero-order valence-electron chi connectivity index (χ0n) is 9.11. The Hall–Kier alpha value is -1.45. The molecule has 0 heterocycles. The highest BCUT2D eigenvalue weighted by molar-refractivity contribution is 5.32. The molecule has 1 aromatic carbocycles. The fourth-order valence-corrected chi connectivity index (χ4v) is 2.10. The van der Waals surface area contributed by atoms with Gasteiger partial charge in [0.2, 0.25) is 0 Å². The molecule has 0 radical (unpaired) electrons. The maximum atomic E-state index is 12.5. The lowest BCUT2D eigenvalue weighted by molar-refractivity contribution is -0.137. The van der Waals surface area contributed by atoms with E-state index in [2.05, 4.69) is 0 Å². The van der Waals surface area contributed by atoms with E-state index in [1.54, 1.807) is 12.1 Å². The normalized spacial score (nSPS) is 24.2. The Morgan fingerprint density at radius 2 is 2.12 bits per heavy atom. The third kappa shape index (κ3) is 2.81. The molecular weight excluding hydrogens is 229 g/mol. The Labute approximate surface area is 97.6 Å². The number of hydrogen-bond donors (Lipinski definition) is 1. The van der Waals surface area contributed by atoms with Gasteiger partial charge in [-0.1, -0.05) is 18.2 Å². The summed E-state index contributed by atoms with van der Waals surface area (Å²) in [6.45, 7) is 0. The first kappa shape index (κ1) is 12.0. The highest BCUT2D eigenvalue weighted by Gasteiger charge is 2.38.